The van der Waals surface area contributed by atoms with Crippen molar-refractivity contribution >= 4 is 58.0 Å². The van der Waals surface area contributed by atoms with Crippen LogP contribution in [0.3, 0.4) is 0 Å². The van der Waals surface area contributed by atoms with Gasteiger partial charge in [0.1, 0.15) is 6.10 Å². The number of rotatable bonds is 2. The van der Waals surface area contributed by atoms with Crippen LogP contribution in [0.25, 0.3) is 0 Å². The lowest BCUT2D eigenvalue weighted by molar-refractivity contribution is -0.125. The van der Waals surface area contributed by atoms with Crippen molar-refractivity contribution in [3.05, 3.63) is 63.1 Å². The smallest absolute Gasteiger partial charge is 0.240 e. The maximum atomic E-state index is 13.3. The molecule has 9 heteroatoms. The Balaban J connectivity index is 1.36. The fourth-order valence-corrected chi connectivity index (χ4v) is 5.75. The number of fused-ring (bicyclic) bond motifs is 8. The molecule has 2 bridgehead atoms. The van der Waals surface area contributed by atoms with Gasteiger partial charge in [-0.2, -0.15) is 0 Å². The van der Waals surface area contributed by atoms with E-state index in [9.17, 15) is 9.59 Å². The van der Waals surface area contributed by atoms with Gasteiger partial charge in [0.25, 0.3) is 0 Å². The van der Waals surface area contributed by atoms with Crippen molar-refractivity contribution in [2.45, 2.75) is 18.3 Å². The number of anilines is 1. The molecule has 30 heavy (non-hydrogen) atoms. The van der Waals surface area contributed by atoms with Crippen LogP contribution in [-0.2, 0) is 19.2 Å². The molecule has 0 aliphatic carbocycles. The average Bonchev–Trinajstić information content (AvgIpc) is 3.44. The highest BCUT2D eigenvalue weighted by Gasteiger charge is 2.72. The van der Waals surface area contributed by atoms with Crippen LogP contribution >= 0.6 is 34.8 Å². The SMILES string of the molecule is O=C1C2C3OC(C4C(c5ccc(Cl)cc5Cl)=NOC34)C2C(=O)N1c1ccc(Cl)cc1. The largest absolute Gasteiger partial charge is 0.389 e. The molecule has 6 unspecified atom stereocenters. The zero-order chi connectivity index (χ0) is 20.7. The number of hydrogen-bond donors (Lipinski definition) is 0. The van der Waals surface area contributed by atoms with Crippen LogP contribution in [0.5, 0.6) is 0 Å². The molecule has 6 atom stereocenters. The number of imide groups is 1. The van der Waals surface area contributed by atoms with Crippen LogP contribution < -0.4 is 4.90 Å². The van der Waals surface area contributed by atoms with E-state index >= 15 is 0 Å². The molecule has 2 aromatic carbocycles. The molecular weight excluding hydrogens is 451 g/mol. The van der Waals surface area contributed by atoms with Crippen LogP contribution in [0.1, 0.15) is 5.56 Å². The van der Waals surface area contributed by atoms with Gasteiger partial charge in [0.15, 0.2) is 6.10 Å². The maximum absolute atomic E-state index is 13.3. The Morgan fingerprint density at radius 3 is 2.17 bits per heavy atom. The highest BCUT2D eigenvalue weighted by atomic mass is 35.5. The highest BCUT2D eigenvalue weighted by Crippen LogP contribution is 2.55. The molecule has 0 aromatic heterocycles. The molecular formula is C21H13Cl3N2O4. The van der Waals surface area contributed by atoms with Gasteiger partial charge in [-0.1, -0.05) is 46.0 Å². The van der Waals surface area contributed by atoms with E-state index in [1.165, 1.54) is 4.90 Å². The topological polar surface area (TPSA) is 68.2 Å². The van der Waals surface area contributed by atoms with Crippen molar-refractivity contribution in [3.63, 3.8) is 0 Å². The number of amides is 2. The molecule has 0 spiro atoms. The number of oxime groups is 1. The zero-order valence-corrected chi connectivity index (χ0v) is 17.4. The quantitative estimate of drug-likeness (QED) is 0.633. The molecule has 152 valence electrons. The normalized spacial score (nSPS) is 33.6. The van der Waals surface area contributed by atoms with E-state index in [-0.39, 0.29) is 17.7 Å². The van der Waals surface area contributed by atoms with E-state index < -0.39 is 30.1 Å². The summed E-state index contributed by atoms with van der Waals surface area (Å²) < 4.78 is 6.10. The Morgan fingerprint density at radius 2 is 1.47 bits per heavy atom. The molecule has 4 aliphatic rings. The summed E-state index contributed by atoms with van der Waals surface area (Å²) in [5.74, 6) is -2.00. The maximum Gasteiger partial charge on any atom is 0.240 e. The number of ether oxygens (including phenoxy) is 1. The molecule has 0 saturated carbocycles. The van der Waals surface area contributed by atoms with Crippen LogP contribution in [-0.4, -0.2) is 35.8 Å². The van der Waals surface area contributed by atoms with Crippen molar-refractivity contribution in [3.8, 4) is 0 Å². The molecule has 0 N–H and O–H groups in total. The van der Waals surface area contributed by atoms with Crippen molar-refractivity contribution in [1.82, 2.24) is 0 Å². The number of hydrogen-bond acceptors (Lipinski definition) is 5. The molecule has 3 fully saturated rings. The van der Waals surface area contributed by atoms with E-state index in [0.29, 0.717) is 32.0 Å². The Hall–Kier alpha value is -2.12. The number of carbonyl (C=O) groups excluding carboxylic acids is 2. The summed E-state index contributed by atoms with van der Waals surface area (Å²) in [5, 5.41) is 5.74. The Kier molecular flexibility index (Phi) is 4.00. The van der Waals surface area contributed by atoms with Crippen molar-refractivity contribution < 1.29 is 19.2 Å². The summed E-state index contributed by atoms with van der Waals surface area (Å²) in [4.78, 5) is 33.4. The Bertz CT molecular complexity index is 1140. The lowest BCUT2D eigenvalue weighted by Gasteiger charge is -2.26. The minimum absolute atomic E-state index is 0.272. The Labute approximate surface area is 186 Å². The van der Waals surface area contributed by atoms with Gasteiger partial charge in [0, 0.05) is 15.6 Å². The first-order chi connectivity index (χ1) is 14.5. The molecule has 2 aromatic rings. The van der Waals surface area contributed by atoms with Gasteiger partial charge in [-0.3, -0.25) is 9.59 Å². The van der Waals surface area contributed by atoms with Gasteiger partial charge < -0.3 is 9.57 Å². The molecule has 4 heterocycles. The zero-order valence-electron chi connectivity index (χ0n) is 15.2. The predicted octanol–water partition coefficient (Wildman–Crippen LogP) is 3.95. The summed E-state index contributed by atoms with van der Waals surface area (Å²) in [6.45, 7) is 0. The fraction of sp³-hybridized carbons (Fsp3) is 0.286. The van der Waals surface area contributed by atoms with E-state index in [1.807, 2.05) is 0 Å². The summed E-state index contributed by atoms with van der Waals surface area (Å²) in [6.07, 6.45) is -1.47. The summed E-state index contributed by atoms with van der Waals surface area (Å²) >= 11 is 18.3. The third kappa shape index (κ3) is 2.39. The lowest BCUT2D eigenvalue weighted by Crippen LogP contribution is -2.45. The fourth-order valence-electron chi connectivity index (χ4n) is 5.12. The average molecular weight is 464 g/mol. The molecule has 3 saturated heterocycles. The molecule has 2 amide bonds. The molecule has 6 nitrogen and oxygen atoms in total. The summed E-state index contributed by atoms with van der Waals surface area (Å²) in [5.41, 5.74) is 1.81. The van der Waals surface area contributed by atoms with Crippen LogP contribution in [0.4, 0.5) is 5.69 Å². The third-order valence-electron chi connectivity index (χ3n) is 6.33. The molecule has 0 radical (unpaired) electrons. The van der Waals surface area contributed by atoms with Gasteiger partial charge in [0.2, 0.25) is 11.8 Å². The van der Waals surface area contributed by atoms with Gasteiger partial charge in [-0.05, 0) is 36.4 Å². The minimum atomic E-state index is -0.588. The van der Waals surface area contributed by atoms with Gasteiger partial charge in [-0.25, -0.2) is 4.90 Å². The van der Waals surface area contributed by atoms with Crippen LogP contribution in [0.2, 0.25) is 15.1 Å². The summed E-state index contributed by atoms with van der Waals surface area (Å²) in [6, 6.07) is 11.8. The van der Waals surface area contributed by atoms with Crippen LogP contribution in [0, 0.1) is 17.8 Å². The highest BCUT2D eigenvalue weighted by molar-refractivity contribution is 6.37. The standard InChI is InChI=1S/C21H13Cl3N2O4/c22-8-1-4-10(5-2-8)26-20(27)13-14(21(26)28)18-19-15(17(13)29-18)16(25-30-19)11-6-3-9(23)7-12(11)24/h1-7,13-15,17-19H. The number of carbonyl (C=O) groups is 2. The molecule has 4 aliphatic heterocycles. The van der Waals surface area contributed by atoms with E-state index in [0.717, 1.165) is 0 Å². The van der Waals surface area contributed by atoms with E-state index in [1.54, 1.807) is 42.5 Å². The van der Waals surface area contributed by atoms with E-state index in [4.69, 9.17) is 44.4 Å². The number of benzene rings is 2. The third-order valence-corrected chi connectivity index (χ3v) is 7.13. The van der Waals surface area contributed by atoms with Crippen molar-refractivity contribution in [2.24, 2.45) is 22.9 Å². The molecule has 6 rings (SSSR count). The monoisotopic (exact) mass is 462 g/mol. The second-order valence-electron chi connectivity index (χ2n) is 7.80. The number of halogens is 3. The first-order valence-corrected chi connectivity index (χ1v) is 10.6. The van der Waals surface area contributed by atoms with Gasteiger partial charge in [0.05, 0.1) is 40.3 Å². The minimum Gasteiger partial charge on any atom is -0.389 e. The summed E-state index contributed by atoms with van der Waals surface area (Å²) in [7, 11) is 0. The number of nitrogens with zero attached hydrogens (tertiary/aromatic N) is 2. The van der Waals surface area contributed by atoms with Crippen molar-refractivity contribution in [1.29, 1.82) is 0 Å². The van der Waals surface area contributed by atoms with Gasteiger partial charge in [-0.15, -0.1) is 0 Å². The second kappa shape index (κ2) is 6.44. The van der Waals surface area contributed by atoms with E-state index in [2.05, 4.69) is 5.16 Å². The first-order valence-electron chi connectivity index (χ1n) is 9.43. The van der Waals surface area contributed by atoms with Crippen LogP contribution in [0.15, 0.2) is 47.6 Å². The second-order valence-corrected chi connectivity index (χ2v) is 9.08. The van der Waals surface area contributed by atoms with Gasteiger partial charge >= 0.3 is 0 Å². The lowest BCUT2D eigenvalue weighted by atomic mass is 9.71. The predicted molar refractivity (Wildman–Crippen MR) is 111 cm³/mol. The Morgan fingerprint density at radius 1 is 0.800 bits per heavy atom. The first kappa shape index (κ1) is 18.6. The van der Waals surface area contributed by atoms with Crippen molar-refractivity contribution in [2.75, 3.05) is 4.90 Å².